The number of hydrogen-bond acceptors (Lipinski definition) is 6. The molecular weight excluding hydrogens is 372 g/mol. The molecular formula is C22H19N2O5-. The van der Waals surface area contributed by atoms with Crippen LogP contribution in [0.4, 0.5) is 0 Å². The van der Waals surface area contributed by atoms with Crippen LogP contribution in [0.25, 0.3) is 22.6 Å². The van der Waals surface area contributed by atoms with Gasteiger partial charge in [0.15, 0.2) is 11.5 Å². The van der Waals surface area contributed by atoms with E-state index in [4.69, 9.17) is 9.47 Å². The summed E-state index contributed by atoms with van der Waals surface area (Å²) in [7, 11) is 1.59. The molecule has 29 heavy (non-hydrogen) atoms. The van der Waals surface area contributed by atoms with E-state index >= 15 is 0 Å². The van der Waals surface area contributed by atoms with Gasteiger partial charge in [0.25, 0.3) is 5.56 Å². The molecule has 7 heteroatoms. The van der Waals surface area contributed by atoms with Crippen molar-refractivity contribution in [3.8, 4) is 11.5 Å². The van der Waals surface area contributed by atoms with Gasteiger partial charge >= 0.3 is 0 Å². The highest BCUT2D eigenvalue weighted by molar-refractivity contribution is 5.92. The maximum atomic E-state index is 12.8. The highest BCUT2D eigenvalue weighted by atomic mass is 16.5. The number of carbonyl (C=O) groups is 1. The van der Waals surface area contributed by atoms with Gasteiger partial charge in [-0.2, -0.15) is 0 Å². The van der Waals surface area contributed by atoms with E-state index in [1.54, 1.807) is 11.7 Å². The Labute approximate surface area is 166 Å². The first kappa shape index (κ1) is 18.7. The largest absolute Gasteiger partial charge is 0.545 e. The predicted octanol–water partition coefficient (Wildman–Crippen LogP) is 2.11. The molecule has 0 aliphatic carbocycles. The maximum Gasteiger partial charge on any atom is 0.261 e. The van der Waals surface area contributed by atoms with Crippen molar-refractivity contribution in [1.29, 1.82) is 0 Å². The van der Waals surface area contributed by atoms with Gasteiger partial charge in [-0.1, -0.05) is 12.1 Å². The molecule has 0 spiro atoms. The van der Waals surface area contributed by atoms with Crippen molar-refractivity contribution in [2.24, 2.45) is 0 Å². The van der Waals surface area contributed by atoms with Gasteiger partial charge in [0.05, 0.1) is 30.6 Å². The molecule has 0 saturated heterocycles. The van der Waals surface area contributed by atoms with Gasteiger partial charge in [-0.05, 0) is 60.4 Å². The van der Waals surface area contributed by atoms with Crippen molar-refractivity contribution < 1.29 is 19.4 Å². The molecule has 2 heterocycles. The number of hydrogen-bond donors (Lipinski definition) is 0. The van der Waals surface area contributed by atoms with Crippen LogP contribution < -0.4 is 20.1 Å². The molecule has 148 valence electrons. The zero-order valence-corrected chi connectivity index (χ0v) is 16.1. The average molecular weight is 391 g/mol. The van der Waals surface area contributed by atoms with Crippen LogP contribution in [0.15, 0.2) is 41.2 Å². The van der Waals surface area contributed by atoms with Crippen LogP contribution in [0.3, 0.4) is 0 Å². The van der Waals surface area contributed by atoms with Gasteiger partial charge in [-0.3, -0.25) is 9.36 Å². The van der Waals surface area contributed by atoms with Crippen molar-refractivity contribution in [1.82, 2.24) is 9.55 Å². The summed E-state index contributed by atoms with van der Waals surface area (Å²) in [6, 6.07) is 9.85. The molecule has 0 bridgehead atoms. The first-order valence-corrected chi connectivity index (χ1v) is 9.29. The smallest absolute Gasteiger partial charge is 0.261 e. The van der Waals surface area contributed by atoms with Gasteiger partial charge in [0.1, 0.15) is 5.82 Å². The molecule has 0 unspecified atom stereocenters. The number of carboxylic acid groups (broad SMARTS) is 1. The molecule has 3 aromatic rings. The Balaban J connectivity index is 1.82. The first-order valence-electron chi connectivity index (χ1n) is 9.29. The highest BCUT2D eigenvalue weighted by Gasteiger charge is 2.21. The van der Waals surface area contributed by atoms with Crippen LogP contribution in [0.5, 0.6) is 11.5 Å². The Morgan fingerprint density at radius 2 is 2.07 bits per heavy atom. The molecule has 0 atom stereocenters. The zero-order valence-electron chi connectivity index (χ0n) is 16.1. The predicted molar refractivity (Wildman–Crippen MR) is 107 cm³/mol. The normalized spacial score (nSPS) is 14.2. The number of aromatic nitrogens is 2. The third-order valence-electron chi connectivity index (χ3n) is 4.91. The summed E-state index contributed by atoms with van der Waals surface area (Å²) in [4.78, 5) is 28.5. The summed E-state index contributed by atoms with van der Waals surface area (Å²) in [6.07, 6.45) is 2.61. The lowest BCUT2D eigenvalue weighted by Crippen LogP contribution is -2.23. The topological polar surface area (TPSA) is 93.5 Å². The summed E-state index contributed by atoms with van der Waals surface area (Å²) in [6.45, 7) is 2.95. The van der Waals surface area contributed by atoms with Crippen molar-refractivity contribution in [3.63, 3.8) is 0 Å². The van der Waals surface area contributed by atoms with Gasteiger partial charge in [-0.15, -0.1) is 0 Å². The molecule has 0 radical (unpaired) electrons. The van der Waals surface area contributed by atoms with Gasteiger partial charge in [-0.25, -0.2) is 4.98 Å². The second-order valence-electron chi connectivity index (χ2n) is 6.67. The number of rotatable bonds is 5. The van der Waals surface area contributed by atoms with Crippen LogP contribution in [-0.4, -0.2) is 29.2 Å². The van der Waals surface area contributed by atoms with E-state index in [0.717, 1.165) is 11.1 Å². The Hall–Kier alpha value is -3.61. The van der Waals surface area contributed by atoms with E-state index in [9.17, 15) is 14.7 Å². The second kappa shape index (κ2) is 7.43. The van der Waals surface area contributed by atoms with Gasteiger partial charge < -0.3 is 19.4 Å². The Morgan fingerprint density at radius 3 is 2.79 bits per heavy atom. The van der Waals surface area contributed by atoms with E-state index in [2.05, 4.69) is 4.98 Å². The molecule has 0 amide bonds. The van der Waals surface area contributed by atoms with Crippen LogP contribution >= 0.6 is 0 Å². The zero-order chi connectivity index (χ0) is 20.5. The minimum Gasteiger partial charge on any atom is -0.545 e. The quantitative estimate of drug-likeness (QED) is 0.661. The summed E-state index contributed by atoms with van der Waals surface area (Å²) in [5.41, 5.74) is 1.96. The van der Waals surface area contributed by atoms with Crippen molar-refractivity contribution in [3.05, 3.63) is 63.7 Å². The summed E-state index contributed by atoms with van der Waals surface area (Å²) in [5, 5.41) is 11.5. The summed E-state index contributed by atoms with van der Waals surface area (Å²) in [5.74, 6) is 0.541. The minimum atomic E-state index is -1.30. The lowest BCUT2D eigenvalue weighted by molar-refractivity contribution is -0.255. The average Bonchev–Trinajstić information content (AvgIpc) is 3.11. The van der Waals surface area contributed by atoms with Crippen LogP contribution in [-0.2, 0) is 6.54 Å². The number of methoxy groups -OCH3 is 1. The fourth-order valence-electron chi connectivity index (χ4n) is 3.53. The molecule has 2 aromatic carbocycles. The third kappa shape index (κ3) is 3.35. The lowest BCUT2D eigenvalue weighted by Gasteiger charge is -2.10. The molecule has 0 N–H and O–H groups in total. The van der Waals surface area contributed by atoms with Crippen LogP contribution in [0.2, 0.25) is 0 Å². The monoisotopic (exact) mass is 391 g/mol. The standard InChI is InChI=1S/C22H20N2O5/c1-3-29-19-11-13(4-7-18(19)28-2)10-14-8-9-24-20(14)23-17-12-15(22(26)27)5-6-16(17)21(24)25/h4-7,10-12H,3,8-9H2,1-2H3,(H,26,27)/p-1/b14-10+. The SMILES string of the molecule is CCOc1cc(/C=C2\CCn3c2nc2cc(C(=O)[O-])ccc2c3=O)ccc1OC. The van der Waals surface area contributed by atoms with Crippen molar-refractivity contribution in [2.45, 2.75) is 19.9 Å². The Morgan fingerprint density at radius 1 is 1.24 bits per heavy atom. The van der Waals surface area contributed by atoms with Crippen molar-refractivity contribution in [2.75, 3.05) is 13.7 Å². The fourth-order valence-corrected chi connectivity index (χ4v) is 3.53. The number of benzene rings is 2. The summed E-state index contributed by atoms with van der Waals surface area (Å²) < 4.78 is 12.6. The Kier molecular flexibility index (Phi) is 4.80. The lowest BCUT2D eigenvalue weighted by atomic mass is 10.1. The number of fused-ring (bicyclic) bond motifs is 2. The van der Waals surface area contributed by atoms with E-state index in [1.165, 1.54) is 18.2 Å². The van der Waals surface area contributed by atoms with Crippen molar-refractivity contribution >= 4 is 28.5 Å². The minimum absolute atomic E-state index is 0.00520. The van der Waals surface area contributed by atoms with Crippen LogP contribution in [0, 0.1) is 0 Å². The maximum absolute atomic E-state index is 12.8. The highest BCUT2D eigenvalue weighted by Crippen LogP contribution is 2.32. The number of carbonyl (C=O) groups excluding carboxylic acids is 1. The molecule has 4 rings (SSSR count). The third-order valence-corrected chi connectivity index (χ3v) is 4.91. The fraction of sp³-hybridized carbons (Fsp3) is 0.227. The number of carboxylic acids is 1. The second-order valence-corrected chi connectivity index (χ2v) is 6.67. The van der Waals surface area contributed by atoms with E-state index in [0.29, 0.717) is 47.8 Å². The van der Waals surface area contributed by atoms with E-state index in [-0.39, 0.29) is 11.1 Å². The molecule has 7 nitrogen and oxygen atoms in total. The molecule has 1 aliphatic heterocycles. The molecule has 1 aliphatic rings. The molecule has 0 fully saturated rings. The number of aromatic carboxylic acids is 1. The molecule has 0 saturated carbocycles. The first-order chi connectivity index (χ1) is 14.0. The number of allylic oxidation sites excluding steroid dienone is 1. The summed E-state index contributed by atoms with van der Waals surface area (Å²) >= 11 is 0. The van der Waals surface area contributed by atoms with Crippen LogP contribution in [0.1, 0.15) is 35.1 Å². The van der Waals surface area contributed by atoms with Gasteiger partial charge in [0.2, 0.25) is 0 Å². The molecule has 1 aromatic heterocycles. The number of nitrogens with zero attached hydrogens (tertiary/aromatic N) is 2. The van der Waals surface area contributed by atoms with E-state index in [1.807, 2.05) is 31.2 Å². The van der Waals surface area contributed by atoms with E-state index < -0.39 is 5.97 Å². The Bertz CT molecular complexity index is 1210. The van der Waals surface area contributed by atoms with Gasteiger partial charge in [0, 0.05) is 6.54 Å². The number of ether oxygens (including phenoxy) is 2.